The molecule has 0 bridgehead atoms. The zero-order valence-corrected chi connectivity index (χ0v) is 17.1. The third-order valence-electron chi connectivity index (χ3n) is 4.05. The minimum atomic E-state index is -3.75. The molecule has 0 unspecified atom stereocenters. The number of ether oxygens (including phenoxy) is 2. The highest BCUT2D eigenvalue weighted by molar-refractivity contribution is 7.91. The highest BCUT2D eigenvalue weighted by Gasteiger charge is 2.17. The summed E-state index contributed by atoms with van der Waals surface area (Å²) in [6.07, 6.45) is 0.405. The second-order valence-corrected chi connectivity index (χ2v) is 9.75. The Bertz CT molecular complexity index is 983. The van der Waals surface area contributed by atoms with Crippen LogP contribution in [0.3, 0.4) is 0 Å². The molecule has 0 aromatic heterocycles. The van der Waals surface area contributed by atoms with Gasteiger partial charge in [0, 0.05) is 6.54 Å². The van der Waals surface area contributed by atoms with E-state index in [1.807, 2.05) is 0 Å². The Morgan fingerprint density at radius 2 is 1.52 bits per heavy atom. The molecule has 1 N–H and O–H groups in total. The van der Waals surface area contributed by atoms with Gasteiger partial charge in [0.1, 0.15) is 11.5 Å². The van der Waals surface area contributed by atoms with Crippen molar-refractivity contribution in [1.82, 2.24) is 4.72 Å². The van der Waals surface area contributed by atoms with Crippen molar-refractivity contribution >= 4 is 19.9 Å². The van der Waals surface area contributed by atoms with E-state index in [1.165, 1.54) is 31.2 Å². The molecule has 148 valence electrons. The zero-order valence-electron chi connectivity index (χ0n) is 15.4. The molecule has 0 amide bonds. The molecule has 0 aliphatic carbocycles. The van der Waals surface area contributed by atoms with Gasteiger partial charge in [-0.3, -0.25) is 0 Å². The molecule has 0 fully saturated rings. The summed E-state index contributed by atoms with van der Waals surface area (Å²) in [5, 5.41) is 0. The smallest absolute Gasteiger partial charge is 0.240 e. The Labute approximate surface area is 160 Å². The maximum Gasteiger partial charge on any atom is 0.240 e. The Hall–Kier alpha value is -2.10. The van der Waals surface area contributed by atoms with Gasteiger partial charge in [-0.1, -0.05) is 6.92 Å². The van der Waals surface area contributed by atoms with Crippen molar-refractivity contribution in [3.05, 3.63) is 48.0 Å². The summed E-state index contributed by atoms with van der Waals surface area (Å²) < 4.78 is 61.4. The molecule has 7 nitrogen and oxygen atoms in total. The first-order valence-corrected chi connectivity index (χ1v) is 11.4. The molecular weight excluding hydrogens is 390 g/mol. The Kier molecular flexibility index (Phi) is 6.85. The minimum Gasteiger partial charge on any atom is -0.497 e. The quantitative estimate of drug-likeness (QED) is 0.675. The molecule has 0 atom stereocenters. The molecular formula is C18H23NO6S2. The normalized spacial score (nSPS) is 12.0. The lowest BCUT2D eigenvalue weighted by atomic mass is 10.1. The van der Waals surface area contributed by atoms with Crippen LogP contribution in [0, 0.1) is 0 Å². The molecule has 2 rings (SSSR count). The number of sulfonamides is 1. The largest absolute Gasteiger partial charge is 0.497 e. The molecule has 27 heavy (non-hydrogen) atoms. The SMILES string of the molecule is CCS(=O)(=O)c1ccc(S(=O)(=O)NCCc2cc(OC)ccc2OC)cc1. The van der Waals surface area contributed by atoms with E-state index in [9.17, 15) is 16.8 Å². The van der Waals surface area contributed by atoms with Gasteiger partial charge >= 0.3 is 0 Å². The summed E-state index contributed by atoms with van der Waals surface area (Å²) in [4.78, 5) is 0.111. The van der Waals surface area contributed by atoms with E-state index in [4.69, 9.17) is 9.47 Å². The summed E-state index contributed by atoms with van der Waals surface area (Å²) in [5.74, 6) is 1.25. The zero-order chi connectivity index (χ0) is 20.1. The molecule has 9 heteroatoms. The van der Waals surface area contributed by atoms with Crippen molar-refractivity contribution in [1.29, 1.82) is 0 Å². The fraction of sp³-hybridized carbons (Fsp3) is 0.333. The molecule has 0 aliphatic heterocycles. The van der Waals surface area contributed by atoms with Gasteiger partial charge in [0.05, 0.1) is 29.8 Å². The molecule has 0 radical (unpaired) electrons. The monoisotopic (exact) mass is 413 g/mol. The Balaban J connectivity index is 2.09. The van der Waals surface area contributed by atoms with Crippen molar-refractivity contribution < 1.29 is 26.3 Å². The summed E-state index contributed by atoms with van der Waals surface area (Å²) in [5.41, 5.74) is 0.809. The Morgan fingerprint density at radius 1 is 0.889 bits per heavy atom. The average molecular weight is 414 g/mol. The second kappa shape index (κ2) is 8.73. The molecule has 0 spiro atoms. The van der Waals surface area contributed by atoms with Crippen LogP contribution in [-0.4, -0.2) is 43.4 Å². The van der Waals surface area contributed by atoms with Crippen LogP contribution in [0.2, 0.25) is 0 Å². The van der Waals surface area contributed by atoms with Crippen LogP contribution in [-0.2, 0) is 26.3 Å². The number of sulfone groups is 1. The third-order valence-corrected chi connectivity index (χ3v) is 7.27. The topological polar surface area (TPSA) is 98.8 Å². The standard InChI is InChI=1S/C18H23NO6S2/c1-4-26(20,21)16-6-8-17(9-7-16)27(22,23)19-12-11-14-13-15(24-2)5-10-18(14)25-3/h5-10,13,19H,4,11-12H2,1-3H3. The molecule has 0 heterocycles. The second-order valence-electron chi connectivity index (χ2n) is 5.70. The van der Waals surface area contributed by atoms with Crippen LogP contribution in [0.5, 0.6) is 11.5 Å². The van der Waals surface area contributed by atoms with Gasteiger partial charge in [0.15, 0.2) is 9.84 Å². The van der Waals surface area contributed by atoms with E-state index in [1.54, 1.807) is 32.4 Å². The van der Waals surface area contributed by atoms with Crippen LogP contribution in [0.1, 0.15) is 12.5 Å². The predicted octanol–water partition coefficient (Wildman–Crippen LogP) is 2.02. The van der Waals surface area contributed by atoms with E-state index in [0.29, 0.717) is 17.9 Å². The summed E-state index contributed by atoms with van der Waals surface area (Å²) >= 11 is 0. The van der Waals surface area contributed by atoms with Gasteiger partial charge in [-0.15, -0.1) is 0 Å². The minimum absolute atomic E-state index is 0.00941. The number of hydrogen-bond acceptors (Lipinski definition) is 6. The van der Waals surface area contributed by atoms with Gasteiger partial charge in [-0.25, -0.2) is 21.6 Å². The molecule has 0 saturated heterocycles. The van der Waals surface area contributed by atoms with Crippen molar-refractivity contribution in [2.24, 2.45) is 0 Å². The fourth-order valence-electron chi connectivity index (χ4n) is 2.47. The van der Waals surface area contributed by atoms with E-state index >= 15 is 0 Å². The fourth-order valence-corrected chi connectivity index (χ4v) is 4.39. The number of hydrogen-bond donors (Lipinski definition) is 1. The van der Waals surface area contributed by atoms with Crippen LogP contribution < -0.4 is 14.2 Å². The van der Waals surface area contributed by atoms with E-state index in [2.05, 4.69) is 4.72 Å². The van der Waals surface area contributed by atoms with Crippen LogP contribution in [0.4, 0.5) is 0 Å². The van der Waals surface area contributed by atoms with E-state index in [-0.39, 0.29) is 22.1 Å². The van der Waals surface area contributed by atoms with Gasteiger partial charge in [-0.05, 0) is 54.4 Å². The van der Waals surface area contributed by atoms with Crippen LogP contribution in [0.25, 0.3) is 0 Å². The van der Waals surface area contributed by atoms with Crippen LogP contribution >= 0.6 is 0 Å². The van der Waals surface area contributed by atoms with Gasteiger partial charge in [0.25, 0.3) is 0 Å². The lowest BCUT2D eigenvalue weighted by molar-refractivity contribution is 0.398. The highest BCUT2D eigenvalue weighted by Crippen LogP contribution is 2.24. The first-order valence-electron chi connectivity index (χ1n) is 8.27. The first kappa shape index (κ1) is 21.2. The van der Waals surface area contributed by atoms with E-state index in [0.717, 1.165) is 5.56 Å². The number of nitrogens with one attached hydrogen (secondary N) is 1. The van der Waals surface area contributed by atoms with Gasteiger partial charge in [0.2, 0.25) is 10.0 Å². The molecule has 0 saturated carbocycles. The number of methoxy groups -OCH3 is 2. The van der Waals surface area contributed by atoms with Crippen molar-refractivity contribution in [2.75, 3.05) is 26.5 Å². The third kappa shape index (κ3) is 5.21. The summed E-state index contributed by atoms with van der Waals surface area (Å²) in [6, 6.07) is 10.5. The Morgan fingerprint density at radius 3 is 2.07 bits per heavy atom. The number of rotatable bonds is 9. The van der Waals surface area contributed by atoms with Crippen LogP contribution in [0.15, 0.2) is 52.3 Å². The first-order chi connectivity index (χ1) is 12.7. The maximum absolute atomic E-state index is 12.4. The highest BCUT2D eigenvalue weighted by atomic mass is 32.2. The van der Waals surface area contributed by atoms with Gasteiger partial charge in [-0.2, -0.15) is 0 Å². The van der Waals surface area contributed by atoms with Crippen molar-refractivity contribution in [3.63, 3.8) is 0 Å². The molecule has 2 aromatic carbocycles. The summed E-state index contributed by atoms with van der Waals surface area (Å²) in [7, 11) is -4.02. The van der Waals surface area contributed by atoms with Crippen molar-refractivity contribution in [3.8, 4) is 11.5 Å². The lowest BCUT2D eigenvalue weighted by Crippen LogP contribution is -2.26. The summed E-state index contributed by atoms with van der Waals surface area (Å²) in [6.45, 7) is 1.69. The lowest BCUT2D eigenvalue weighted by Gasteiger charge is -2.11. The number of benzene rings is 2. The predicted molar refractivity (Wildman–Crippen MR) is 103 cm³/mol. The molecule has 0 aliphatic rings. The molecule has 2 aromatic rings. The van der Waals surface area contributed by atoms with Gasteiger partial charge < -0.3 is 9.47 Å². The maximum atomic E-state index is 12.4. The average Bonchev–Trinajstić information content (AvgIpc) is 2.67. The van der Waals surface area contributed by atoms with Crippen molar-refractivity contribution in [2.45, 2.75) is 23.1 Å². The van der Waals surface area contributed by atoms with E-state index < -0.39 is 19.9 Å².